The molecule has 2 saturated heterocycles. The van der Waals surface area contributed by atoms with Crippen LogP contribution in [-0.4, -0.2) is 42.1 Å². The first-order chi connectivity index (χ1) is 10.2. The van der Waals surface area contributed by atoms with Crippen LogP contribution in [0.2, 0.25) is 0 Å². The zero-order valence-electron chi connectivity index (χ0n) is 12.3. The number of nitrogens with two attached hydrogens (primary N) is 1. The van der Waals surface area contributed by atoms with Gasteiger partial charge in [0.1, 0.15) is 5.82 Å². The van der Waals surface area contributed by atoms with Crippen molar-refractivity contribution in [2.24, 2.45) is 11.7 Å². The first-order valence-corrected chi connectivity index (χ1v) is 7.81. The predicted molar refractivity (Wildman–Crippen MR) is 81.0 cm³/mol. The Kier molecular flexibility index (Phi) is 4.34. The Balaban J connectivity index is 1.67. The first-order valence-electron chi connectivity index (χ1n) is 7.81. The summed E-state index contributed by atoms with van der Waals surface area (Å²) < 4.78 is 0. The molecule has 1 atom stereocenters. The van der Waals surface area contributed by atoms with Crippen LogP contribution in [0.4, 0.5) is 5.82 Å². The monoisotopic (exact) mass is 289 g/mol. The maximum atomic E-state index is 11.3. The SMILES string of the molecule is NC(=O)C1CCCN(c2cnc(C3CCNCC3)cn2)C1. The van der Waals surface area contributed by atoms with Crippen LogP contribution in [0.5, 0.6) is 0 Å². The van der Waals surface area contributed by atoms with Crippen molar-refractivity contribution in [1.29, 1.82) is 0 Å². The van der Waals surface area contributed by atoms with Crippen molar-refractivity contribution in [2.45, 2.75) is 31.6 Å². The van der Waals surface area contributed by atoms with E-state index in [1.54, 1.807) is 0 Å². The molecule has 0 bridgehead atoms. The van der Waals surface area contributed by atoms with Gasteiger partial charge in [0, 0.05) is 19.0 Å². The summed E-state index contributed by atoms with van der Waals surface area (Å²) in [6.45, 7) is 3.70. The lowest BCUT2D eigenvalue weighted by Crippen LogP contribution is -2.41. The highest BCUT2D eigenvalue weighted by Gasteiger charge is 2.25. The van der Waals surface area contributed by atoms with Crippen LogP contribution in [0.1, 0.15) is 37.3 Å². The van der Waals surface area contributed by atoms with Gasteiger partial charge in [-0.05, 0) is 38.8 Å². The minimum atomic E-state index is -0.209. The Hall–Kier alpha value is -1.69. The molecule has 3 rings (SSSR count). The van der Waals surface area contributed by atoms with Crippen LogP contribution in [0.15, 0.2) is 12.4 Å². The van der Waals surface area contributed by atoms with Crippen molar-refractivity contribution in [1.82, 2.24) is 15.3 Å². The summed E-state index contributed by atoms with van der Waals surface area (Å²) in [7, 11) is 0. The van der Waals surface area contributed by atoms with Crippen LogP contribution < -0.4 is 16.0 Å². The summed E-state index contributed by atoms with van der Waals surface area (Å²) in [6.07, 6.45) is 7.86. The number of hydrogen-bond acceptors (Lipinski definition) is 5. The number of rotatable bonds is 3. The second kappa shape index (κ2) is 6.39. The molecule has 6 heteroatoms. The standard InChI is InChI=1S/C15H23N5O/c16-15(21)12-2-1-7-20(10-12)14-9-18-13(8-19-14)11-3-5-17-6-4-11/h8-9,11-12,17H,1-7,10H2,(H2,16,21). The highest BCUT2D eigenvalue weighted by atomic mass is 16.1. The largest absolute Gasteiger partial charge is 0.369 e. The van der Waals surface area contributed by atoms with Crippen LogP contribution in [0.25, 0.3) is 0 Å². The molecule has 2 aliphatic heterocycles. The van der Waals surface area contributed by atoms with Crippen LogP contribution in [-0.2, 0) is 4.79 Å². The lowest BCUT2D eigenvalue weighted by Gasteiger charge is -2.32. The molecule has 0 radical (unpaired) electrons. The summed E-state index contributed by atoms with van der Waals surface area (Å²) in [5.74, 6) is 1.11. The van der Waals surface area contributed by atoms with Gasteiger partial charge in [-0.25, -0.2) is 4.98 Å². The molecule has 1 aromatic rings. The second-order valence-corrected chi connectivity index (χ2v) is 6.01. The molecular formula is C15H23N5O. The van der Waals surface area contributed by atoms with E-state index in [1.165, 1.54) is 0 Å². The van der Waals surface area contributed by atoms with E-state index in [2.05, 4.69) is 20.2 Å². The van der Waals surface area contributed by atoms with Gasteiger partial charge < -0.3 is 16.0 Å². The van der Waals surface area contributed by atoms with Crippen LogP contribution in [0, 0.1) is 5.92 Å². The molecule has 1 aromatic heterocycles. The van der Waals surface area contributed by atoms with Crippen LogP contribution in [0.3, 0.4) is 0 Å². The molecule has 3 N–H and O–H groups in total. The number of piperidine rings is 2. The fourth-order valence-corrected chi connectivity index (χ4v) is 3.24. The fourth-order valence-electron chi connectivity index (χ4n) is 3.24. The van der Waals surface area contributed by atoms with Gasteiger partial charge in [0.25, 0.3) is 0 Å². The van der Waals surface area contributed by atoms with E-state index in [0.29, 0.717) is 12.5 Å². The highest BCUT2D eigenvalue weighted by Crippen LogP contribution is 2.25. The Morgan fingerprint density at radius 1 is 1.24 bits per heavy atom. The zero-order chi connectivity index (χ0) is 14.7. The molecule has 3 heterocycles. The number of nitrogens with zero attached hydrogens (tertiary/aromatic N) is 3. The number of amides is 1. The molecule has 0 aromatic carbocycles. The lowest BCUT2D eigenvalue weighted by molar-refractivity contribution is -0.122. The summed E-state index contributed by atoms with van der Waals surface area (Å²) in [5, 5.41) is 3.36. The average molecular weight is 289 g/mol. The van der Waals surface area contributed by atoms with E-state index in [1.807, 2.05) is 12.4 Å². The Morgan fingerprint density at radius 2 is 2.05 bits per heavy atom. The summed E-state index contributed by atoms with van der Waals surface area (Å²) in [4.78, 5) is 22.6. The van der Waals surface area contributed by atoms with Crippen molar-refractivity contribution < 1.29 is 4.79 Å². The van der Waals surface area contributed by atoms with Crippen molar-refractivity contribution in [3.05, 3.63) is 18.1 Å². The van der Waals surface area contributed by atoms with E-state index in [-0.39, 0.29) is 11.8 Å². The minimum absolute atomic E-state index is 0.0651. The third kappa shape index (κ3) is 3.32. The number of carbonyl (C=O) groups excluding carboxylic acids is 1. The van der Waals surface area contributed by atoms with Gasteiger partial charge >= 0.3 is 0 Å². The molecule has 2 fully saturated rings. The van der Waals surface area contributed by atoms with E-state index >= 15 is 0 Å². The molecule has 6 nitrogen and oxygen atoms in total. The zero-order valence-corrected chi connectivity index (χ0v) is 12.3. The Bertz CT molecular complexity index is 483. The molecule has 1 amide bonds. The quantitative estimate of drug-likeness (QED) is 0.853. The van der Waals surface area contributed by atoms with Crippen molar-refractivity contribution in [3.8, 4) is 0 Å². The Morgan fingerprint density at radius 3 is 2.71 bits per heavy atom. The summed E-state index contributed by atoms with van der Waals surface area (Å²) in [6, 6.07) is 0. The number of carbonyl (C=O) groups is 1. The van der Waals surface area contributed by atoms with Crippen molar-refractivity contribution >= 4 is 11.7 Å². The van der Waals surface area contributed by atoms with Crippen molar-refractivity contribution in [3.63, 3.8) is 0 Å². The van der Waals surface area contributed by atoms with Gasteiger partial charge in [-0.1, -0.05) is 0 Å². The molecule has 2 aliphatic rings. The summed E-state index contributed by atoms with van der Waals surface area (Å²) >= 11 is 0. The number of nitrogens with one attached hydrogen (secondary N) is 1. The highest BCUT2D eigenvalue weighted by molar-refractivity contribution is 5.77. The third-order valence-corrected chi connectivity index (χ3v) is 4.56. The van der Waals surface area contributed by atoms with E-state index in [9.17, 15) is 4.79 Å². The Labute approximate surface area is 125 Å². The third-order valence-electron chi connectivity index (χ3n) is 4.56. The maximum Gasteiger partial charge on any atom is 0.222 e. The van der Waals surface area contributed by atoms with Gasteiger partial charge in [-0.3, -0.25) is 9.78 Å². The fraction of sp³-hybridized carbons (Fsp3) is 0.667. The number of anilines is 1. The van der Waals surface area contributed by atoms with Gasteiger partial charge in [-0.2, -0.15) is 0 Å². The molecule has 114 valence electrons. The smallest absolute Gasteiger partial charge is 0.222 e. The topological polar surface area (TPSA) is 84.1 Å². The van der Waals surface area contributed by atoms with Crippen LogP contribution >= 0.6 is 0 Å². The van der Waals surface area contributed by atoms with Gasteiger partial charge in [0.15, 0.2) is 0 Å². The van der Waals surface area contributed by atoms with Gasteiger partial charge in [0.05, 0.1) is 24.0 Å². The maximum absolute atomic E-state index is 11.3. The summed E-state index contributed by atoms with van der Waals surface area (Å²) in [5.41, 5.74) is 6.51. The molecule has 0 aliphatic carbocycles. The number of hydrogen-bond donors (Lipinski definition) is 2. The minimum Gasteiger partial charge on any atom is -0.369 e. The number of aromatic nitrogens is 2. The molecular weight excluding hydrogens is 266 g/mol. The molecule has 0 spiro atoms. The number of primary amides is 1. The molecule has 0 saturated carbocycles. The molecule has 21 heavy (non-hydrogen) atoms. The normalized spacial score (nSPS) is 24.0. The van der Waals surface area contributed by atoms with Gasteiger partial charge in [0.2, 0.25) is 5.91 Å². The molecule has 1 unspecified atom stereocenters. The predicted octanol–water partition coefficient (Wildman–Crippen LogP) is 0.645. The lowest BCUT2D eigenvalue weighted by atomic mass is 9.95. The van der Waals surface area contributed by atoms with Crippen molar-refractivity contribution in [2.75, 3.05) is 31.1 Å². The average Bonchev–Trinajstić information content (AvgIpc) is 2.56. The van der Waals surface area contributed by atoms with E-state index < -0.39 is 0 Å². The second-order valence-electron chi connectivity index (χ2n) is 6.01. The van der Waals surface area contributed by atoms with Gasteiger partial charge in [-0.15, -0.1) is 0 Å². The first kappa shape index (κ1) is 14.3. The van der Waals surface area contributed by atoms with E-state index in [0.717, 1.165) is 56.8 Å². The van der Waals surface area contributed by atoms with E-state index in [4.69, 9.17) is 5.73 Å².